The van der Waals surface area contributed by atoms with E-state index in [2.05, 4.69) is 0 Å². The van der Waals surface area contributed by atoms with Crippen LogP contribution in [-0.4, -0.2) is 26.4 Å². The Morgan fingerprint density at radius 1 is 1.75 bits per heavy atom. The van der Waals surface area contributed by atoms with Crippen LogP contribution >= 0.6 is 0 Å². The predicted molar refractivity (Wildman–Crippen MR) is 26.4 cm³/mol. The van der Waals surface area contributed by atoms with Crippen LogP contribution in [0.3, 0.4) is 0 Å². The van der Waals surface area contributed by atoms with Crippen LogP contribution in [0.25, 0.3) is 0 Å². The highest BCUT2D eigenvalue weighted by Gasteiger charge is 1.95. The van der Waals surface area contributed by atoms with E-state index in [1.54, 1.807) is 4.72 Å². The van der Waals surface area contributed by atoms with Gasteiger partial charge in [0, 0.05) is 0 Å². The maximum Gasteiger partial charge on any atom is 0.318 e. The summed E-state index contributed by atoms with van der Waals surface area (Å²) in [5.41, 5.74) is 0. The molecule has 0 aromatic rings. The number of aliphatic carboxylic acids is 1. The number of carbonyl (C=O) groups is 1. The lowest BCUT2D eigenvalue weighted by atomic mass is 10.7. The van der Waals surface area contributed by atoms with Crippen LogP contribution in [0, 0.1) is 0 Å². The van der Waals surface area contributed by atoms with Gasteiger partial charge in [-0.05, 0) is 0 Å². The van der Waals surface area contributed by atoms with E-state index in [1.807, 2.05) is 0 Å². The summed E-state index contributed by atoms with van der Waals surface area (Å²) in [5.74, 6) is -1.16. The molecule has 0 rings (SSSR count). The molecule has 0 saturated heterocycles. The highest BCUT2D eigenvalue weighted by atomic mass is 32.2. The fraction of sp³-hybridized carbons (Fsp3) is 0.500. The summed E-state index contributed by atoms with van der Waals surface area (Å²) in [5, 5.41) is 7.85. The fourth-order valence-corrected chi connectivity index (χ4v) is 0.370. The molecule has 0 spiro atoms. The van der Waals surface area contributed by atoms with Gasteiger partial charge in [0.15, 0.2) is 0 Å². The lowest BCUT2D eigenvalue weighted by molar-refractivity contribution is -0.135. The molecule has 48 valence electrons. The quantitative estimate of drug-likeness (QED) is 0.428. The molecule has 8 heavy (non-hydrogen) atoms. The van der Waals surface area contributed by atoms with Crippen LogP contribution in [-0.2, 0) is 16.1 Å². The van der Waals surface area contributed by atoms with Gasteiger partial charge in [-0.1, -0.05) is 0 Å². The first-order chi connectivity index (χ1) is 3.63. The van der Waals surface area contributed by atoms with Crippen molar-refractivity contribution in [3.63, 3.8) is 0 Å². The van der Waals surface area contributed by atoms with Crippen molar-refractivity contribution in [2.75, 3.05) is 6.54 Å². The van der Waals surface area contributed by atoms with E-state index >= 15 is 0 Å². The first-order valence-corrected chi connectivity index (χ1v) is 2.79. The van der Waals surface area contributed by atoms with Gasteiger partial charge in [0.1, 0.15) is 6.54 Å². The second-order valence-electron chi connectivity index (χ2n) is 0.964. The molecule has 3 N–H and O–H groups in total. The van der Waals surface area contributed by atoms with E-state index in [4.69, 9.17) is 9.66 Å². The third-order valence-corrected chi connectivity index (χ3v) is 0.738. The predicted octanol–water partition coefficient (Wildman–Crippen LogP) is -1.20. The van der Waals surface area contributed by atoms with E-state index in [0.29, 0.717) is 0 Å². The van der Waals surface area contributed by atoms with Crippen molar-refractivity contribution in [1.82, 2.24) is 4.72 Å². The molecule has 0 radical (unpaired) electrons. The van der Waals surface area contributed by atoms with Gasteiger partial charge in [-0.2, -0.15) is 0 Å². The molecule has 0 aliphatic rings. The average Bonchev–Trinajstić information content (AvgIpc) is 1.61. The normalized spacial score (nSPS) is 13.1. The summed E-state index contributed by atoms with van der Waals surface area (Å²) < 4.78 is 19.3. The third-order valence-electron chi connectivity index (χ3n) is 0.347. The number of rotatable bonds is 3. The van der Waals surface area contributed by atoms with Gasteiger partial charge >= 0.3 is 5.97 Å². The standard InChI is InChI=1S/C2H5NO4S/c4-2(5)1-3-8(6)7/h3H,1H2,(H,4,5)(H,6,7). The number of carboxylic acids is 1. The molecule has 0 bridgehead atoms. The molecule has 1 unspecified atom stereocenters. The average molecular weight is 139 g/mol. The topological polar surface area (TPSA) is 86.6 Å². The third kappa shape index (κ3) is 5.54. The van der Waals surface area contributed by atoms with Gasteiger partial charge in [0.05, 0.1) is 0 Å². The van der Waals surface area contributed by atoms with E-state index in [-0.39, 0.29) is 0 Å². The maximum atomic E-state index is 9.64. The minimum Gasteiger partial charge on any atom is -0.480 e. The zero-order valence-corrected chi connectivity index (χ0v) is 4.64. The Labute approximate surface area is 48.1 Å². The van der Waals surface area contributed by atoms with Crippen molar-refractivity contribution in [2.24, 2.45) is 0 Å². The molecule has 0 aliphatic carbocycles. The van der Waals surface area contributed by atoms with E-state index in [1.165, 1.54) is 0 Å². The van der Waals surface area contributed by atoms with Gasteiger partial charge in [-0.3, -0.25) is 9.35 Å². The van der Waals surface area contributed by atoms with Gasteiger partial charge in [-0.25, -0.2) is 8.93 Å². The van der Waals surface area contributed by atoms with Crippen molar-refractivity contribution < 1.29 is 18.7 Å². The molecule has 0 saturated carbocycles. The summed E-state index contributed by atoms with van der Waals surface area (Å²) >= 11 is -2.22. The van der Waals surface area contributed by atoms with Crippen LogP contribution in [0.15, 0.2) is 0 Å². The molecule has 0 heterocycles. The maximum absolute atomic E-state index is 9.64. The van der Waals surface area contributed by atoms with Gasteiger partial charge < -0.3 is 5.11 Å². The molecular formula is C2H5NO4S. The Kier molecular flexibility index (Phi) is 3.33. The number of carboxylic acid groups (broad SMARTS) is 1. The highest BCUT2D eigenvalue weighted by Crippen LogP contribution is 1.62. The monoisotopic (exact) mass is 139 g/mol. The van der Waals surface area contributed by atoms with Crippen LogP contribution in [0.4, 0.5) is 0 Å². The molecule has 0 aromatic carbocycles. The van der Waals surface area contributed by atoms with E-state index < -0.39 is 23.8 Å². The summed E-state index contributed by atoms with van der Waals surface area (Å²) in [6.45, 7) is -0.497. The molecular weight excluding hydrogens is 134 g/mol. The summed E-state index contributed by atoms with van der Waals surface area (Å²) in [6, 6.07) is 0. The highest BCUT2D eigenvalue weighted by molar-refractivity contribution is 7.77. The first-order valence-electron chi connectivity index (χ1n) is 1.69. The van der Waals surface area contributed by atoms with Gasteiger partial charge in [0.25, 0.3) is 0 Å². The van der Waals surface area contributed by atoms with Crippen LogP contribution in [0.1, 0.15) is 0 Å². The fourth-order valence-electron chi connectivity index (χ4n) is 0.123. The number of nitrogens with one attached hydrogen (secondary N) is 1. The Hall–Kier alpha value is -0.460. The molecule has 6 heteroatoms. The Balaban J connectivity index is 3.18. The summed E-state index contributed by atoms with van der Waals surface area (Å²) in [4.78, 5) is 9.60. The minimum absolute atomic E-state index is 0.497. The second-order valence-corrected chi connectivity index (χ2v) is 1.75. The molecule has 1 atom stereocenters. The van der Waals surface area contributed by atoms with Crippen molar-refractivity contribution in [3.8, 4) is 0 Å². The van der Waals surface area contributed by atoms with Crippen molar-refractivity contribution in [1.29, 1.82) is 0 Å². The molecule has 0 aliphatic heterocycles. The van der Waals surface area contributed by atoms with E-state index in [0.717, 1.165) is 0 Å². The van der Waals surface area contributed by atoms with Crippen LogP contribution < -0.4 is 4.72 Å². The summed E-state index contributed by atoms with van der Waals surface area (Å²) in [7, 11) is 0. The van der Waals surface area contributed by atoms with Crippen molar-refractivity contribution >= 4 is 17.2 Å². The zero-order chi connectivity index (χ0) is 6.57. The lowest BCUT2D eigenvalue weighted by Gasteiger charge is -1.89. The zero-order valence-electron chi connectivity index (χ0n) is 3.83. The lowest BCUT2D eigenvalue weighted by Crippen LogP contribution is -2.23. The SMILES string of the molecule is O=C(O)CNS(=O)O. The molecule has 0 aromatic heterocycles. The molecule has 0 amide bonds. The summed E-state index contributed by atoms with van der Waals surface area (Å²) in [6.07, 6.45) is 0. The molecule has 0 fully saturated rings. The smallest absolute Gasteiger partial charge is 0.318 e. The van der Waals surface area contributed by atoms with Crippen molar-refractivity contribution in [3.05, 3.63) is 0 Å². The second kappa shape index (κ2) is 3.53. The van der Waals surface area contributed by atoms with Crippen LogP contribution in [0.5, 0.6) is 0 Å². The largest absolute Gasteiger partial charge is 0.480 e. The van der Waals surface area contributed by atoms with Crippen LogP contribution in [0.2, 0.25) is 0 Å². The van der Waals surface area contributed by atoms with Gasteiger partial charge in [0.2, 0.25) is 11.3 Å². The van der Waals surface area contributed by atoms with Gasteiger partial charge in [-0.15, -0.1) is 0 Å². The molecule has 5 nitrogen and oxygen atoms in total. The minimum atomic E-state index is -2.22. The van der Waals surface area contributed by atoms with Crippen molar-refractivity contribution in [2.45, 2.75) is 0 Å². The first kappa shape index (κ1) is 7.54. The van der Waals surface area contributed by atoms with E-state index in [9.17, 15) is 9.00 Å². The number of hydrogen-bond donors (Lipinski definition) is 3. The number of hydrogen-bond acceptors (Lipinski definition) is 2. The Bertz CT molecular complexity index is 98.6. The Morgan fingerprint density at radius 3 is 2.38 bits per heavy atom. The Morgan fingerprint density at radius 2 is 2.25 bits per heavy atom.